The van der Waals surface area contributed by atoms with E-state index in [1.807, 2.05) is 0 Å². The maximum Gasteiger partial charge on any atom is 0.273 e. The normalized spacial score (nSPS) is 13.3. The third-order valence-electron chi connectivity index (χ3n) is 5.76. The molecule has 1 aliphatic rings. The fraction of sp³-hybridized carbons (Fsp3) is 0.240. The zero-order valence-corrected chi connectivity index (χ0v) is 18.7. The van der Waals surface area contributed by atoms with Crippen LogP contribution in [0.4, 0.5) is 17.6 Å². The van der Waals surface area contributed by atoms with Crippen LogP contribution in [0.2, 0.25) is 0 Å². The summed E-state index contributed by atoms with van der Waals surface area (Å²) < 4.78 is 61.3. The third kappa shape index (κ3) is 4.55. The largest absolute Gasteiger partial charge is 0.359 e. The summed E-state index contributed by atoms with van der Waals surface area (Å²) in [6.07, 6.45) is 1.75. The summed E-state index contributed by atoms with van der Waals surface area (Å²) in [6.45, 7) is 2.32. The molecule has 0 aliphatic carbocycles. The van der Waals surface area contributed by atoms with E-state index in [0.717, 1.165) is 6.07 Å². The Morgan fingerprint density at radius 1 is 1.11 bits per heavy atom. The highest BCUT2D eigenvalue weighted by Crippen LogP contribution is 2.34. The van der Waals surface area contributed by atoms with Gasteiger partial charge in [-0.15, -0.1) is 0 Å². The number of hydrogen-bond acceptors (Lipinski definition) is 5. The van der Waals surface area contributed by atoms with Crippen LogP contribution >= 0.6 is 0 Å². The number of aromatic amines is 1. The smallest absolute Gasteiger partial charge is 0.273 e. The minimum Gasteiger partial charge on any atom is -0.359 e. The van der Waals surface area contributed by atoms with Crippen LogP contribution in [0.3, 0.4) is 0 Å². The number of hydrogen-bond donors (Lipinski definition) is 1. The predicted molar refractivity (Wildman–Crippen MR) is 122 cm³/mol. The number of alkyl halides is 2. The van der Waals surface area contributed by atoms with E-state index in [0.29, 0.717) is 41.4 Å². The van der Waals surface area contributed by atoms with E-state index in [4.69, 9.17) is 4.52 Å². The molecule has 0 spiro atoms. The van der Waals surface area contributed by atoms with Crippen LogP contribution in [0, 0.1) is 11.6 Å². The maximum absolute atomic E-state index is 14.1. The summed E-state index contributed by atoms with van der Waals surface area (Å²) in [7, 11) is 0. The van der Waals surface area contributed by atoms with Crippen molar-refractivity contribution in [1.29, 1.82) is 0 Å². The summed E-state index contributed by atoms with van der Waals surface area (Å²) in [5.41, 5.74) is 2.44. The number of H-pyrrole nitrogens is 1. The van der Waals surface area contributed by atoms with Crippen LogP contribution in [0.15, 0.2) is 58.2 Å². The highest BCUT2D eigenvalue weighted by Gasteiger charge is 2.30. The van der Waals surface area contributed by atoms with Crippen LogP contribution in [-0.2, 0) is 19.0 Å². The molecule has 0 saturated carbocycles. The number of imidazole rings is 1. The van der Waals surface area contributed by atoms with Crippen molar-refractivity contribution >= 4 is 6.21 Å². The van der Waals surface area contributed by atoms with Gasteiger partial charge in [-0.25, -0.2) is 22.5 Å². The van der Waals surface area contributed by atoms with E-state index in [-0.39, 0.29) is 29.9 Å². The molecule has 0 saturated heterocycles. The third-order valence-corrected chi connectivity index (χ3v) is 5.76. The van der Waals surface area contributed by atoms with E-state index in [1.165, 1.54) is 24.3 Å². The van der Waals surface area contributed by atoms with Crippen molar-refractivity contribution in [2.24, 2.45) is 5.10 Å². The summed E-state index contributed by atoms with van der Waals surface area (Å²) in [5.74, 6) is -4.04. The highest BCUT2D eigenvalue weighted by molar-refractivity contribution is 5.80. The predicted octanol–water partition coefficient (Wildman–Crippen LogP) is 6.25. The minimum atomic E-state index is -2.86. The van der Waals surface area contributed by atoms with E-state index in [1.54, 1.807) is 36.3 Å². The van der Waals surface area contributed by atoms with E-state index >= 15 is 0 Å². The van der Waals surface area contributed by atoms with Crippen molar-refractivity contribution in [3.63, 3.8) is 0 Å². The molecule has 0 amide bonds. The molecule has 0 radical (unpaired) electrons. The highest BCUT2D eigenvalue weighted by atomic mass is 19.3. The van der Waals surface area contributed by atoms with Gasteiger partial charge in [0.1, 0.15) is 11.5 Å². The van der Waals surface area contributed by atoms with Crippen molar-refractivity contribution in [2.45, 2.75) is 38.8 Å². The van der Waals surface area contributed by atoms with Crippen LogP contribution in [0.5, 0.6) is 0 Å². The van der Waals surface area contributed by atoms with Gasteiger partial charge in [0.25, 0.3) is 5.92 Å². The van der Waals surface area contributed by atoms with Gasteiger partial charge in [-0.1, -0.05) is 48.8 Å². The number of aromatic nitrogens is 3. The summed E-state index contributed by atoms with van der Waals surface area (Å²) in [4.78, 5) is 7.37. The van der Waals surface area contributed by atoms with Crippen LogP contribution in [0.25, 0.3) is 22.6 Å². The zero-order valence-electron chi connectivity index (χ0n) is 18.7. The number of halogens is 4. The molecule has 3 heterocycles. The molecular formula is C25H21F4N5O. The van der Waals surface area contributed by atoms with Gasteiger partial charge in [-0.05, 0) is 12.1 Å². The van der Waals surface area contributed by atoms with Crippen LogP contribution < -0.4 is 0 Å². The topological polar surface area (TPSA) is 70.3 Å². The fourth-order valence-corrected chi connectivity index (χ4v) is 3.96. The van der Waals surface area contributed by atoms with Gasteiger partial charge < -0.3 is 9.51 Å². The van der Waals surface area contributed by atoms with Gasteiger partial charge in [-0.2, -0.15) is 5.10 Å². The Balaban J connectivity index is 1.27. The van der Waals surface area contributed by atoms with E-state index in [9.17, 15) is 17.6 Å². The molecule has 10 heteroatoms. The molecule has 180 valence electrons. The van der Waals surface area contributed by atoms with Crippen molar-refractivity contribution in [2.75, 3.05) is 0 Å². The molecule has 5 rings (SSSR count). The first-order chi connectivity index (χ1) is 16.8. The average molecular weight is 483 g/mol. The first-order valence-electron chi connectivity index (χ1n) is 11.1. The van der Waals surface area contributed by atoms with Gasteiger partial charge in [0.2, 0.25) is 0 Å². The average Bonchev–Trinajstić information content (AvgIpc) is 3.48. The van der Waals surface area contributed by atoms with Gasteiger partial charge in [0.15, 0.2) is 17.4 Å². The van der Waals surface area contributed by atoms with Gasteiger partial charge in [0, 0.05) is 23.6 Å². The van der Waals surface area contributed by atoms with Gasteiger partial charge >= 0.3 is 0 Å². The standard InChI is InChI=1S/C25H21F4N5O/c1-2-10-25(28,29)16-8-6-15(7-9-16)20-11-17(35-33-20)13-34-14-22-21(12-30-34)31-24(32-22)18-4-3-5-19(26)23(18)27/h3-9,11-12H,2,10,13-14H2,1H3,(H,31,32). The molecule has 4 aromatic rings. The number of nitrogens with zero attached hydrogens (tertiary/aromatic N) is 4. The van der Waals surface area contributed by atoms with Crippen LogP contribution in [0.1, 0.15) is 42.5 Å². The van der Waals surface area contributed by atoms with Crippen molar-refractivity contribution in [3.05, 3.63) is 82.9 Å². The Hall–Kier alpha value is -3.95. The van der Waals surface area contributed by atoms with E-state index in [2.05, 4.69) is 20.2 Å². The molecule has 35 heavy (non-hydrogen) atoms. The molecule has 2 aromatic heterocycles. The molecule has 0 atom stereocenters. The van der Waals surface area contributed by atoms with E-state index < -0.39 is 17.6 Å². The molecule has 0 unspecified atom stereocenters. The second kappa shape index (κ2) is 9.01. The number of hydrazone groups is 1. The molecule has 2 aromatic carbocycles. The number of nitrogens with one attached hydrogen (secondary N) is 1. The lowest BCUT2D eigenvalue weighted by Gasteiger charge is -2.19. The molecule has 6 nitrogen and oxygen atoms in total. The molecule has 1 N–H and O–H groups in total. The quantitative estimate of drug-likeness (QED) is 0.316. The maximum atomic E-state index is 14.1. The Bertz CT molecular complexity index is 1380. The Kier molecular flexibility index (Phi) is 5.88. The second-order valence-corrected chi connectivity index (χ2v) is 8.32. The lowest BCUT2D eigenvalue weighted by molar-refractivity contribution is -0.0140. The lowest BCUT2D eigenvalue weighted by atomic mass is 10.0. The van der Waals surface area contributed by atoms with Crippen molar-refractivity contribution in [1.82, 2.24) is 20.1 Å². The fourth-order valence-electron chi connectivity index (χ4n) is 3.96. The Morgan fingerprint density at radius 2 is 1.91 bits per heavy atom. The molecule has 1 aliphatic heterocycles. The molecule has 0 fully saturated rings. The lowest BCUT2D eigenvalue weighted by Crippen LogP contribution is -2.21. The summed E-state index contributed by atoms with van der Waals surface area (Å²) in [6, 6.07) is 11.7. The van der Waals surface area contributed by atoms with Gasteiger partial charge in [-0.3, -0.25) is 5.01 Å². The second-order valence-electron chi connectivity index (χ2n) is 8.32. The zero-order chi connectivity index (χ0) is 24.6. The molecular weight excluding hydrogens is 462 g/mol. The van der Waals surface area contributed by atoms with Crippen molar-refractivity contribution < 1.29 is 22.1 Å². The number of benzene rings is 2. The number of rotatable bonds is 7. The van der Waals surface area contributed by atoms with Crippen LogP contribution in [-0.4, -0.2) is 26.3 Å². The summed E-state index contributed by atoms with van der Waals surface area (Å²) >= 11 is 0. The SMILES string of the molecule is CCCC(F)(F)c1ccc(-c2cc(CN3Cc4nc(-c5cccc(F)c5F)[nH]c4C=N3)on2)cc1. The first kappa shape index (κ1) is 22.8. The molecule has 0 bridgehead atoms. The Morgan fingerprint density at radius 3 is 2.69 bits per heavy atom. The Labute approximate surface area is 198 Å². The minimum absolute atomic E-state index is 0.0261. The monoisotopic (exact) mass is 483 g/mol. The number of fused-ring (bicyclic) bond motifs is 1. The summed E-state index contributed by atoms with van der Waals surface area (Å²) in [5, 5.41) is 10.1. The van der Waals surface area contributed by atoms with Crippen molar-refractivity contribution in [3.8, 4) is 22.6 Å². The van der Waals surface area contributed by atoms with Gasteiger partial charge in [0.05, 0.1) is 36.3 Å². The first-order valence-corrected chi connectivity index (χ1v) is 11.1.